The van der Waals surface area contributed by atoms with E-state index in [-0.39, 0.29) is 10.2 Å². The molecule has 16 heavy (non-hydrogen) atoms. The van der Waals surface area contributed by atoms with E-state index in [9.17, 15) is 8.42 Å². The van der Waals surface area contributed by atoms with Crippen molar-refractivity contribution in [1.82, 2.24) is 14.3 Å². The monoisotopic (exact) mass is 259 g/mol. The maximum Gasteiger partial charge on any atom is 0.246 e. The first-order valence-corrected chi connectivity index (χ1v) is 6.55. The quantitative estimate of drug-likeness (QED) is 0.589. The number of aromatic nitrogens is 2. The van der Waals surface area contributed by atoms with Gasteiger partial charge in [-0.1, -0.05) is 12.2 Å². The third-order valence-corrected chi connectivity index (χ3v) is 4.27. The minimum Gasteiger partial charge on any atom is -0.225 e. The van der Waals surface area contributed by atoms with Crippen LogP contribution in [0.4, 0.5) is 0 Å². The molecule has 2 rings (SSSR count). The molecule has 0 N–H and O–H groups in total. The lowest BCUT2D eigenvalue weighted by atomic mass is 10.3. The highest BCUT2D eigenvalue weighted by Gasteiger charge is 2.24. The van der Waals surface area contributed by atoms with E-state index in [0.717, 1.165) is 6.42 Å². The molecule has 0 radical (unpaired) electrons. The van der Waals surface area contributed by atoms with Crippen LogP contribution in [0.3, 0.4) is 0 Å². The molecule has 0 fully saturated rings. The highest BCUT2D eigenvalue weighted by Crippen LogP contribution is 2.16. The van der Waals surface area contributed by atoms with Crippen molar-refractivity contribution in [3.8, 4) is 0 Å². The molecule has 0 amide bonds. The molecule has 7 heteroatoms. The summed E-state index contributed by atoms with van der Waals surface area (Å²) >= 11 is 5.51. The molecule has 86 valence electrons. The Bertz CT molecular complexity index is 498. The smallest absolute Gasteiger partial charge is 0.225 e. The molecular formula is C9H10ClN3O2S. The summed E-state index contributed by atoms with van der Waals surface area (Å²) in [7, 11) is -3.48. The number of halogens is 1. The van der Waals surface area contributed by atoms with Gasteiger partial charge in [0.15, 0.2) is 0 Å². The van der Waals surface area contributed by atoms with E-state index >= 15 is 0 Å². The average molecular weight is 260 g/mol. The normalized spacial score (nSPS) is 17.6. The molecule has 0 bridgehead atoms. The Morgan fingerprint density at radius 1 is 1.25 bits per heavy atom. The second kappa shape index (κ2) is 4.48. The lowest BCUT2D eigenvalue weighted by Crippen LogP contribution is -2.33. The molecule has 5 nitrogen and oxygen atoms in total. The van der Waals surface area contributed by atoms with Crippen molar-refractivity contribution in [2.75, 3.05) is 13.1 Å². The van der Waals surface area contributed by atoms with Gasteiger partial charge in [0, 0.05) is 13.1 Å². The van der Waals surface area contributed by atoms with Crippen molar-refractivity contribution in [3.63, 3.8) is 0 Å². The van der Waals surface area contributed by atoms with Crippen molar-refractivity contribution in [1.29, 1.82) is 0 Å². The number of hydrogen-bond donors (Lipinski definition) is 0. The van der Waals surface area contributed by atoms with Crippen molar-refractivity contribution in [3.05, 3.63) is 29.8 Å². The van der Waals surface area contributed by atoms with Crippen molar-refractivity contribution in [2.24, 2.45) is 0 Å². The molecule has 2 heterocycles. The van der Waals surface area contributed by atoms with Gasteiger partial charge in [0.2, 0.25) is 15.3 Å². The van der Waals surface area contributed by atoms with Gasteiger partial charge < -0.3 is 0 Å². The first-order valence-electron chi connectivity index (χ1n) is 4.73. The molecule has 1 aromatic rings. The van der Waals surface area contributed by atoms with Crippen LogP contribution in [-0.2, 0) is 10.0 Å². The van der Waals surface area contributed by atoms with Crippen LogP contribution >= 0.6 is 11.6 Å². The minimum atomic E-state index is -3.48. The Morgan fingerprint density at radius 2 is 1.94 bits per heavy atom. The number of nitrogens with zero attached hydrogens (tertiary/aromatic N) is 3. The van der Waals surface area contributed by atoms with Crippen LogP contribution in [0, 0.1) is 0 Å². The van der Waals surface area contributed by atoms with Gasteiger partial charge in [-0.3, -0.25) is 0 Å². The Kier molecular flexibility index (Phi) is 3.22. The molecular weight excluding hydrogens is 250 g/mol. The molecule has 0 saturated carbocycles. The molecule has 1 aliphatic heterocycles. The van der Waals surface area contributed by atoms with Gasteiger partial charge in [0.1, 0.15) is 4.90 Å². The van der Waals surface area contributed by atoms with Crippen LogP contribution in [-0.4, -0.2) is 35.8 Å². The summed E-state index contributed by atoms with van der Waals surface area (Å²) < 4.78 is 25.5. The number of rotatable bonds is 2. The highest BCUT2D eigenvalue weighted by molar-refractivity contribution is 7.89. The van der Waals surface area contributed by atoms with Crippen LogP contribution < -0.4 is 0 Å². The summed E-state index contributed by atoms with van der Waals surface area (Å²) in [5.74, 6) is 0. The SMILES string of the molecule is O=S(=O)(c1cnc(Cl)nc1)N1CC=CCC1. The molecule has 1 aliphatic rings. The van der Waals surface area contributed by atoms with Crippen LogP contribution in [0.1, 0.15) is 6.42 Å². The predicted molar refractivity (Wildman–Crippen MR) is 59.6 cm³/mol. The maximum atomic E-state index is 12.1. The van der Waals surface area contributed by atoms with E-state index in [1.807, 2.05) is 12.2 Å². The molecule has 0 unspecified atom stereocenters. The van der Waals surface area contributed by atoms with Crippen LogP contribution in [0.5, 0.6) is 0 Å². The van der Waals surface area contributed by atoms with E-state index in [1.165, 1.54) is 16.7 Å². The zero-order chi connectivity index (χ0) is 11.6. The molecule has 0 spiro atoms. The summed E-state index contributed by atoms with van der Waals surface area (Å²) in [5.41, 5.74) is 0. The van der Waals surface area contributed by atoms with Crippen LogP contribution in [0.2, 0.25) is 5.28 Å². The Morgan fingerprint density at radius 3 is 2.50 bits per heavy atom. The fourth-order valence-electron chi connectivity index (χ4n) is 1.42. The summed E-state index contributed by atoms with van der Waals surface area (Å²) in [4.78, 5) is 7.42. The Labute approximate surface area is 98.8 Å². The van der Waals surface area contributed by atoms with Crippen molar-refractivity contribution >= 4 is 21.6 Å². The third-order valence-electron chi connectivity index (χ3n) is 2.26. The second-order valence-corrected chi connectivity index (χ2v) is 5.59. The van der Waals surface area contributed by atoms with Gasteiger partial charge in [-0.15, -0.1) is 0 Å². The van der Waals surface area contributed by atoms with Crippen LogP contribution in [0.15, 0.2) is 29.4 Å². The summed E-state index contributed by atoms with van der Waals surface area (Å²) in [6.07, 6.45) is 6.97. The second-order valence-electron chi connectivity index (χ2n) is 3.31. The van der Waals surface area contributed by atoms with E-state index in [2.05, 4.69) is 9.97 Å². The zero-order valence-corrected chi connectivity index (χ0v) is 9.95. The Hall–Kier alpha value is -0.980. The van der Waals surface area contributed by atoms with E-state index in [1.54, 1.807) is 0 Å². The standard InChI is InChI=1S/C9H10ClN3O2S/c10-9-11-6-8(7-12-9)16(14,15)13-4-2-1-3-5-13/h1-2,6-7H,3-5H2. The first-order chi connectivity index (χ1) is 7.60. The predicted octanol–water partition coefficient (Wildman–Crippen LogP) is 1.08. The van der Waals surface area contributed by atoms with Gasteiger partial charge in [-0.25, -0.2) is 18.4 Å². The van der Waals surface area contributed by atoms with Crippen LogP contribution in [0.25, 0.3) is 0 Å². The molecule has 0 saturated heterocycles. The summed E-state index contributed by atoms with van der Waals surface area (Å²) in [6, 6.07) is 0. The maximum absolute atomic E-state index is 12.1. The Balaban J connectivity index is 2.31. The molecule has 1 aromatic heterocycles. The van der Waals surface area contributed by atoms with Crippen molar-refractivity contribution < 1.29 is 8.42 Å². The highest BCUT2D eigenvalue weighted by atomic mass is 35.5. The molecule has 0 atom stereocenters. The van der Waals surface area contributed by atoms with Gasteiger partial charge in [0.25, 0.3) is 0 Å². The zero-order valence-electron chi connectivity index (χ0n) is 8.38. The largest absolute Gasteiger partial charge is 0.246 e. The average Bonchev–Trinajstić information content (AvgIpc) is 2.31. The fourth-order valence-corrected chi connectivity index (χ4v) is 2.82. The third kappa shape index (κ3) is 2.23. The molecule has 0 aromatic carbocycles. The minimum absolute atomic E-state index is 0.0393. The van der Waals surface area contributed by atoms with E-state index < -0.39 is 10.0 Å². The topological polar surface area (TPSA) is 63.2 Å². The lowest BCUT2D eigenvalue weighted by molar-refractivity contribution is 0.437. The van der Waals surface area contributed by atoms with E-state index in [0.29, 0.717) is 13.1 Å². The first kappa shape index (κ1) is 11.5. The number of sulfonamides is 1. The van der Waals surface area contributed by atoms with E-state index in [4.69, 9.17) is 11.6 Å². The molecule has 0 aliphatic carbocycles. The summed E-state index contributed by atoms with van der Waals surface area (Å²) in [6.45, 7) is 0.881. The number of hydrogen-bond acceptors (Lipinski definition) is 4. The van der Waals surface area contributed by atoms with Gasteiger partial charge in [-0.05, 0) is 18.0 Å². The summed E-state index contributed by atoms with van der Waals surface area (Å²) in [5, 5.41) is 0.0393. The van der Waals surface area contributed by atoms with Crippen molar-refractivity contribution in [2.45, 2.75) is 11.3 Å². The van der Waals surface area contributed by atoms with Gasteiger partial charge in [-0.2, -0.15) is 4.31 Å². The lowest BCUT2D eigenvalue weighted by Gasteiger charge is -2.22. The van der Waals surface area contributed by atoms with Gasteiger partial charge >= 0.3 is 0 Å². The fraction of sp³-hybridized carbons (Fsp3) is 0.333. The van der Waals surface area contributed by atoms with Gasteiger partial charge in [0.05, 0.1) is 12.4 Å².